The minimum atomic E-state index is -1.52. The molecule has 0 unspecified atom stereocenters. The molecule has 0 aliphatic carbocycles. The fraction of sp³-hybridized carbons (Fsp3) is 0.174. The van der Waals surface area contributed by atoms with E-state index >= 15 is 0 Å². The molecule has 10 heteroatoms. The Morgan fingerprint density at radius 3 is 2.82 bits per heavy atom. The van der Waals surface area contributed by atoms with Gasteiger partial charge in [0.1, 0.15) is 0 Å². The van der Waals surface area contributed by atoms with E-state index in [9.17, 15) is 14.8 Å². The number of nitrogens with zero attached hydrogens (tertiary/aromatic N) is 3. The molecule has 0 fully saturated rings. The van der Waals surface area contributed by atoms with Crippen LogP contribution in [0.2, 0.25) is 0 Å². The number of aromatic nitrogens is 3. The lowest BCUT2D eigenvalue weighted by Gasteiger charge is -2.13. The van der Waals surface area contributed by atoms with Crippen LogP contribution >= 0.6 is 0 Å². The third kappa shape index (κ3) is 3.79. The van der Waals surface area contributed by atoms with E-state index in [0.717, 1.165) is 46.4 Å². The van der Waals surface area contributed by atoms with Crippen molar-refractivity contribution in [3.05, 3.63) is 65.5 Å². The monoisotopic (exact) mass is 442 g/mol. The van der Waals surface area contributed by atoms with Gasteiger partial charge < -0.3 is 31.0 Å². The average molecular weight is 442 g/mol. The maximum Gasteiger partial charge on any atom is 0.488 e. The Balaban J connectivity index is 1.56. The summed E-state index contributed by atoms with van der Waals surface area (Å²) in [6.07, 6.45) is 2.65. The van der Waals surface area contributed by atoms with Gasteiger partial charge in [0.2, 0.25) is 5.91 Å². The normalized spacial score (nSPS) is 12.5. The fourth-order valence-corrected chi connectivity index (χ4v) is 4.32. The van der Waals surface area contributed by atoms with Gasteiger partial charge in [0.15, 0.2) is 11.6 Å². The Kier molecular flexibility index (Phi) is 5.23. The third-order valence-corrected chi connectivity index (χ3v) is 5.87. The number of aryl methyl sites for hydroxylation is 1. The smallest absolute Gasteiger partial charge is 0.423 e. The molecule has 0 spiro atoms. The van der Waals surface area contributed by atoms with Crippen molar-refractivity contribution >= 4 is 40.8 Å². The lowest BCUT2D eigenvalue weighted by atomic mass is 9.80. The molecule has 0 saturated carbocycles. The molecule has 0 bridgehead atoms. The van der Waals surface area contributed by atoms with Crippen LogP contribution in [0.15, 0.2) is 48.7 Å². The van der Waals surface area contributed by atoms with Gasteiger partial charge in [-0.1, -0.05) is 36.4 Å². The first-order valence-electron chi connectivity index (χ1n) is 10.6. The predicted octanol–water partition coefficient (Wildman–Crippen LogP) is 0.994. The largest absolute Gasteiger partial charge is 0.488 e. The maximum atomic E-state index is 11.9. The van der Waals surface area contributed by atoms with Gasteiger partial charge in [-0.3, -0.25) is 4.79 Å². The van der Waals surface area contributed by atoms with Gasteiger partial charge in [-0.05, 0) is 17.1 Å². The van der Waals surface area contributed by atoms with Crippen LogP contribution in [0.5, 0.6) is 0 Å². The number of hydrogen-bond donors (Lipinski definition) is 5. The van der Waals surface area contributed by atoms with Crippen LogP contribution in [0.25, 0.3) is 22.3 Å². The van der Waals surface area contributed by atoms with Crippen molar-refractivity contribution in [2.24, 2.45) is 12.8 Å². The summed E-state index contributed by atoms with van der Waals surface area (Å²) in [5, 5.41) is 27.2. The van der Waals surface area contributed by atoms with Crippen molar-refractivity contribution in [3.8, 4) is 11.5 Å². The van der Waals surface area contributed by atoms with Crippen molar-refractivity contribution in [3.63, 3.8) is 0 Å². The molecule has 6 N–H and O–H groups in total. The van der Waals surface area contributed by atoms with Crippen LogP contribution in [0.1, 0.15) is 21.6 Å². The van der Waals surface area contributed by atoms with E-state index in [0.29, 0.717) is 29.2 Å². The Hall–Kier alpha value is -3.89. The summed E-state index contributed by atoms with van der Waals surface area (Å²) in [7, 11) is 0.380. The molecule has 5 rings (SSSR count). The number of anilines is 2. The molecule has 1 aliphatic heterocycles. The van der Waals surface area contributed by atoms with E-state index in [2.05, 4.69) is 10.6 Å². The minimum Gasteiger partial charge on any atom is -0.423 e. The molecular weight excluding hydrogens is 419 g/mol. The van der Waals surface area contributed by atoms with Gasteiger partial charge >= 0.3 is 7.12 Å². The molecule has 0 atom stereocenters. The van der Waals surface area contributed by atoms with Gasteiger partial charge in [-0.15, -0.1) is 0 Å². The summed E-state index contributed by atoms with van der Waals surface area (Å²) < 4.78 is 1.91. The highest BCUT2D eigenvalue weighted by molar-refractivity contribution is 6.58. The SMILES string of the molecule is Cn1cc2c(C(N)=O)cccc2c1-c1nc2c(c(NCc3cccc(B(O)O)c3)n1)NCC2. The summed E-state index contributed by atoms with van der Waals surface area (Å²) in [4.78, 5) is 21.5. The molecule has 0 radical (unpaired) electrons. The summed E-state index contributed by atoms with van der Waals surface area (Å²) in [6, 6.07) is 12.6. The maximum absolute atomic E-state index is 11.9. The second-order valence-corrected chi connectivity index (χ2v) is 8.09. The molecule has 1 aliphatic rings. The highest BCUT2D eigenvalue weighted by Crippen LogP contribution is 2.35. The summed E-state index contributed by atoms with van der Waals surface area (Å²) in [5.74, 6) is 0.746. The first-order valence-corrected chi connectivity index (χ1v) is 10.6. The second-order valence-electron chi connectivity index (χ2n) is 8.09. The number of primary amides is 1. The molecule has 166 valence electrons. The summed E-state index contributed by atoms with van der Waals surface area (Å²) >= 11 is 0. The van der Waals surface area contributed by atoms with E-state index in [1.54, 1.807) is 24.3 Å². The number of rotatable bonds is 6. The van der Waals surface area contributed by atoms with Crippen molar-refractivity contribution in [2.75, 3.05) is 17.2 Å². The van der Waals surface area contributed by atoms with Crippen LogP contribution in [-0.2, 0) is 20.0 Å². The molecule has 0 saturated heterocycles. The summed E-state index contributed by atoms with van der Waals surface area (Å²) in [6.45, 7) is 1.22. The summed E-state index contributed by atoms with van der Waals surface area (Å²) in [5.41, 5.74) is 9.94. The quantitative estimate of drug-likeness (QED) is 0.281. The highest BCUT2D eigenvalue weighted by atomic mass is 16.4. The Morgan fingerprint density at radius 2 is 2.03 bits per heavy atom. The second kappa shape index (κ2) is 8.23. The van der Waals surface area contributed by atoms with Crippen LogP contribution in [0, 0.1) is 0 Å². The van der Waals surface area contributed by atoms with Gasteiger partial charge in [0.05, 0.1) is 17.1 Å². The zero-order chi connectivity index (χ0) is 23.1. The van der Waals surface area contributed by atoms with E-state index < -0.39 is 13.0 Å². The van der Waals surface area contributed by atoms with Gasteiger partial charge in [0, 0.05) is 49.1 Å². The van der Waals surface area contributed by atoms with Gasteiger partial charge in [-0.25, -0.2) is 9.97 Å². The number of carbonyl (C=O) groups excluding carboxylic acids is 1. The van der Waals surface area contributed by atoms with Crippen molar-refractivity contribution in [1.29, 1.82) is 0 Å². The van der Waals surface area contributed by atoms with E-state index in [1.165, 1.54) is 0 Å². The lowest BCUT2D eigenvalue weighted by molar-refractivity contribution is 0.100. The highest BCUT2D eigenvalue weighted by Gasteiger charge is 2.23. The molecule has 2 aromatic carbocycles. The zero-order valence-electron chi connectivity index (χ0n) is 18.0. The fourth-order valence-electron chi connectivity index (χ4n) is 4.32. The van der Waals surface area contributed by atoms with Crippen molar-refractivity contribution in [2.45, 2.75) is 13.0 Å². The number of hydrogen-bond acceptors (Lipinski definition) is 7. The number of benzene rings is 2. The molecule has 2 aromatic heterocycles. The number of nitrogens with two attached hydrogens (primary N) is 1. The number of nitrogens with one attached hydrogen (secondary N) is 2. The van der Waals surface area contributed by atoms with E-state index in [-0.39, 0.29) is 0 Å². The first kappa shape index (κ1) is 21.0. The molecule has 9 nitrogen and oxygen atoms in total. The number of fused-ring (bicyclic) bond motifs is 2. The van der Waals surface area contributed by atoms with Crippen LogP contribution < -0.4 is 21.8 Å². The van der Waals surface area contributed by atoms with Crippen LogP contribution in [0.4, 0.5) is 11.5 Å². The average Bonchev–Trinajstić information content (AvgIpc) is 3.40. The van der Waals surface area contributed by atoms with Crippen LogP contribution in [0.3, 0.4) is 0 Å². The lowest BCUT2D eigenvalue weighted by Crippen LogP contribution is -2.30. The van der Waals surface area contributed by atoms with E-state index in [4.69, 9.17) is 15.7 Å². The van der Waals surface area contributed by atoms with Gasteiger partial charge in [0.25, 0.3) is 0 Å². The van der Waals surface area contributed by atoms with Crippen LogP contribution in [-0.4, -0.2) is 44.2 Å². The zero-order valence-corrected chi connectivity index (χ0v) is 18.0. The molecule has 33 heavy (non-hydrogen) atoms. The minimum absolute atomic E-state index is 0.432. The molecule has 3 heterocycles. The van der Waals surface area contributed by atoms with Crippen molar-refractivity contribution < 1.29 is 14.8 Å². The third-order valence-electron chi connectivity index (χ3n) is 5.87. The Morgan fingerprint density at radius 1 is 1.21 bits per heavy atom. The predicted molar refractivity (Wildman–Crippen MR) is 128 cm³/mol. The first-order chi connectivity index (χ1) is 15.9. The Labute approximate surface area is 190 Å². The number of amides is 1. The molecule has 1 amide bonds. The number of carbonyl (C=O) groups is 1. The van der Waals surface area contributed by atoms with E-state index in [1.807, 2.05) is 36.0 Å². The Bertz CT molecular complexity index is 1380. The molecule has 4 aromatic rings. The molecular formula is C23H23BN6O3. The van der Waals surface area contributed by atoms with Gasteiger partial charge in [-0.2, -0.15) is 0 Å². The standard InChI is InChI=1S/C23H23BN6O3/c1-30-12-17-15(6-3-7-16(17)21(25)31)20(30)23-28-18-8-9-26-19(18)22(29-23)27-11-13-4-2-5-14(10-13)24(32)33/h2-7,10,12,26,32-33H,8-9,11H2,1H3,(H2,25,31)(H,27,28,29). The van der Waals surface area contributed by atoms with Crippen molar-refractivity contribution in [1.82, 2.24) is 14.5 Å². The topological polar surface area (TPSA) is 138 Å².